The van der Waals surface area contributed by atoms with Gasteiger partial charge in [0.2, 0.25) is 5.91 Å². The van der Waals surface area contributed by atoms with Gasteiger partial charge in [-0.25, -0.2) is 8.42 Å². The lowest BCUT2D eigenvalue weighted by Crippen LogP contribution is -2.44. The van der Waals surface area contributed by atoms with E-state index in [4.69, 9.17) is 13.0 Å². The second-order valence-corrected chi connectivity index (χ2v) is 5.46. The molecule has 0 atom stereocenters. The molecule has 0 aliphatic rings. The van der Waals surface area contributed by atoms with Gasteiger partial charge in [0.15, 0.2) is 16.8 Å². The van der Waals surface area contributed by atoms with E-state index in [-0.39, 0.29) is 5.91 Å². The Labute approximate surface area is 103 Å². The van der Waals surface area contributed by atoms with E-state index in [1.54, 1.807) is 0 Å². The Bertz CT molecular complexity index is 384. The van der Waals surface area contributed by atoms with Crippen LogP contribution in [0.4, 0.5) is 13.2 Å². The minimum atomic E-state index is -6.09. The Hall–Kier alpha value is -1.13. The number of hydrogen-bond acceptors (Lipinski definition) is 4. The number of quaternary nitrogens is 1. The molecule has 10 heteroatoms. The summed E-state index contributed by atoms with van der Waals surface area (Å²) in [5.74, 6) is -0.118. The van der Waals surface area contributed by atoms with Crippen molar-refractivity contribution in [3.63, 3.8) is 0 Å². The highest BCUT2D eigenvalue weighted by molar-refractivity contribution is 7.86. The molecule has 0 unspecified atom stereocenters. The molecule has 0 spiro atoms. The Balaban J connectivity index is 0. The Kier molecular flexibility index (Phi) is 7.16. The van der Waals surface area contributed by atoms with Gasteiger partial charge < -0.3 is 14.4 Å². The zero-order valence-electron chi connectivity index (χ0n) is 10.1. The van der Waals surface area contributed by atoms with Crippen molar-refractivity contribution in [1.82, 2.24) is 5.32 Å². The fourth-order valence-electron chi connectivity index (χ4n) is 0.387. The van der Waals surface area contributed by atoms with Crippen LogP contribution in [-0.4, -0.2) is 56.7 Å². The van der Waals surface area contributed by atoms with Crippen molar-refractivity contribution < 1.29 is 35.4 Å². The quantitative estimate of drug-likeness (QED) is 0.261. The van der Waals surface area contributed by atoms with Gasteiger partial charge in [-0.2, -0.15) is 13.2 Å². The summed E-state index contributed by atoms with van der Waals surface area (Å²) in [7, 11) is -0.0803. The topological polar surface area (TPSA) is 86.3 Å². The first-order valence-corrected chi connectivity index (χ1v) is 5.84. The number of rotatable bonds is 3. The van der Waals surface area contributed by atoms with E-state index in [2.05, 4.69) is 11.9 Å². The van der Waals surface area contributed by atoms with Gasteiger partial charge in [0.25, 0.3) is 0 Å². The van der Waals surface area contributed by atoms with E-state index < -0.39 is 15.6 Å². The van der Waals surface area contributed by atoms with Crippen LogP contribution in [0.25, 0.3) is 0 Å². The van der Waals surface area contributed by atoms with Crippen LogP contribution in [0.2, 0.25) is 0 Å². The van der Waals surface area contributed by atoms with E-state index in [1.807, 2.05) is 21.1 Å². The van der Waals surface area contributed by atoms with Gasteiger partial charge in [0.05, 0.1) is 21.1 Å². The van der Waals surface area contributed by atoms with Gasteiger partial charge in [0, 0.05) is 0 Å². The molecule has 0 aliphatic heterocycles. The van der Waals surface area contributed by atoms with Crippen molar-refractivity contribution in [2.24, 2.45) is 0 Å². The summed E-state index contributed by atoms with van der Waals surface area (Å²) in [6.07, 6.45) is 1.27. The summed E-state index contributed by atoms with van der Waals surface area (Å²) in [6, 6.07) is 0. The highest BCUT2D eigenvalue weighted by atomic mass is 32.2. The summed E-state index contributed by atoms with van der Waals surface area (Å²) >= 11 is 0. The zero-order valence-corrected chi connectivity index (χ0v) is 10.9. The summed E-state index contributed by atoms with van der Waals surface area (Å²) in [5, 5.41) is 2.69. The normalized spacial score (nSPS) is 12.2. The lowest BCUT2D eigenvalue weighted by atomic mass is 10.6. The van der Waals surface area contributed by atoms with Crippen LogP contribution in [0.15, 0.2) is 12.7 Å². The maximum absolute atomic E-state index is 10.7. The molecule has 0 saturated heterocycles. The van der Waals surface area contributed by atoms with Gasteiger partial charge in [-0.15, -0.1) is 0 Å². The molecule has 0 aromatic carbocycles. The summed E-state index contributed by atoms with van der Waals surface area (Å²) < 4.78 is 59.6. The highest BCUT2D eigenvalue weighted by Gasteiger charge is 2.36. The second kappa shape index (κ2) is 6.71. The van der Waals surface area contributed by atoms with E-state index in [9.17, 15) is 18.0 Å². The second-order valence-electron chi connectivity index (χ2n) is 4.09. The average molecular weight is 292 g/mol. The third kappa shape index (κ3) is 11.4. The monoisotopic (exact) mass is 292 g/mol. The molecule has 1 amide bonds. The number of carbonyl (C=O) groups excluding carboxylic acids is 1. The maximum atomic E-state index is 10.7. The molecule has 18 heavy (non-hydrogen) atoms. The third-order valence-electron chi connectivity index (χ3n) is 1.20. The molecule has 0 fully saturated rings. The van der Waals surface area contributed by atoms with Gasteiger partial charge >= 0.3 is 5.51 Å². The number of carbonyl (C=O) groups is 1. The lowest BCUT2D eigenvalue weighted by molar-refractivity contribution is -0.872. The minimum Gasteiger partial charge on any atom is -0.741 e. The van der Waals surface area contributed by atoms with Gasteiger partial charge in [0.1, 0.15) is 0 Å². The van der Waals surface area contributed by atoms with E-state index in [0.717, 1.165) is 4.48 Å². The molecule has 1 N–H and O–H groups in total. The van der Waals surface area contributed by atoms with Crippen molar-refractivity contribution >= 4 is 16.0 Å². The van der Waals surface area contributed by atoms with Crippen molar-refractivity contribution in [3.05, 3.63) is 12.7 Å². The SMILES string of the molecule is C=CC(=O)NC[N+](C)(C)C.O=S(=O)([O-])C(F)(F)F. The number of nitrogens with zero attached hydrogens (tertiary/aromatic N) is 1. The standard InChI is InChI=1S/C7H14N2O.CHF3O3S/c1-5-7(10)8-6-9(2,3)4;2-1(3,4)8(5,6)7/h5H,1,6H2,2-4H3;(H,5,6,7). The van der Waals surface area contributed by atoms with Gasteiger partial charge in [-0.05, 0) is 6.08 Å². The minimum absolute atomic E-state index is 0.118. The van der Waals surface area contributed by atoms with Crippen LogP contribution < -0.4 is 5.32 Å². The van der Waals surface area contributed by atoms with Crippen molar-refractivity contribution in [3.8, 4) is 0 Å². The fourth-order valence-corrected chi connectivity index (χ4v) is 0.387. The number of nitrogens with one attached hydrogen (secondary N) is 1. The number of halogens is 3. The van der Waals surface area contributed by atoms with Crippen molar-refractivity contribution in [1.29, 1.82) is 0 Å². The molecule has 0 radical (unpaired) electrons. The van der Waals surface area contributed by atoms with Crippen LogP contribution in [0.5, 0.6) is 0 Å². The first-order valence-electron chi connectivity index (χ1n) is 4.43. The smallest absolute Gasteiger partial charge is 0.485 e. The van der Waals surface area contributed by atoms with Crippen LogP contribution in [-0.2, 0) is 14.9 Å². The predicted octanol–water partition coefficient (Wildman–Crippen LogP) is 0.00370. The number of amides is 1. The van der Waals surface area contributed by atoms with Gasteiger partial charge in [-0.3, -0.25) is 4.79 Å². The molecule has 6 nitrogen and oxygen atoms in total. The Morgan fingerprint density at radius 2 is 1.72 bits per heavy atom. The number of hydrogen-bond donors (Lipinski definition) is 1. The first kappa shape index (κ1) is 19.2. The van der Waals surface area contributed by atoms with Crippen molar-refractivity contribution in [2.75, 3.05) is 27.8 Å². The van der Waals surface area contributed by atoms with E-state index >= 15 is 0 Å². The largest absolute Gasteiger partial charge is 0.741 e. The van der Waals surface area contributed by atoms with Crippen LogP contribution >= 0.6 is 0 Å². The van der Waals surface area contributed by atoms with Crippen molar-refractivity contribution in [2.45, 2.75) is 5.51 Å². The molecule has 0 aromatic rings. The molecule has 0 aromatic heterocycles. The zero-order chi connectivity index (χ0) is 15.2. The molecule has 0 aliphatic carbocycles. The molecular weight excluding hydrogens is 277 g/mol. The Morgan fingerprint density at radius 1 is 1.39 bits per heavy atom. The highest BCUT2D eigenvalue weighted by Crippen LogP contribution is 2.20. The summed E-state index contributed by atoms with van der Waals surface area (Å²) in [4.78, 5) is 10.6. The van der Waals surface area contributed by atoms with E-state index in [0.29, 0.717) is 6.67 Å². The molecule has 108 valence electrons. The molecule has 0 heterocycles. The predicted molar refractivity (Wildman–Crippen MR) is 57.0 cm³/mol. The average Bonchev–Trinajstić information content (AvgIpc) is 2.10. The molecule has 0 bridgehead atoms. The summed E-state index contributed by atoms with van der Waals surface area (Å²) in [5.41, 5.74) is -5.65. The van der Waals surface area contributed by atoms with Crippen LogP contribution in [0.1, 0.15) is 0 Å². The lowest BCUT2D eigenvalue weighted by Gasteiger charge is -2.23. The molecule has 0 rings (SSSR count). The van der Waals surface area contributed by atoms with Gasteiger partial charge in [-0.1, -0.05) is 6.58 Å². The Morgan fingerprint density at radius 3 is 1.89 bits per heavy atom. The number of alkyl halides is 3. The fraction of sp³-hybridized carbons (Fsp3) is 0.625. The molecule has 0 saturated carbocycles. The van der Waals surface area contributed by atoms with E-state index in [1.165, 1.54) is 6.08 Å². The maximum Gasteiger partial charge on any atom is 0.485 e. The molecular formula is C8H15F3N2O4S. The summed E-state index contributed by atoms with van der Waals surface area (Å²) in [6.45, 7) is 3.97. The van der Waals surface area contributed by atoms with Crippen LogP contribution in [0.3, 0.4) is 0 Å². The first-order chi connectivity index (χ1) is 7.70. The third-order valence-corrected chi connectivity index (χ3v) is 1.76. The van der Waals surface area contributed by atoms with Crippen LogP contribution in [0, 0.1) is 0 Å².